The number of likely N-dealkylation sites (N-methyl/N-ethyl adjacent to an activating group) is 1. The number of nitrogens with one attached hydrogen (secondary N) is 1. The van der Waals surface area contributed by atoms with Crippen LogP contribution in [0.15, 0.2) is 64.6 Å². The fraction of sp³-hybridized carbons (Fsp3) is 0.250. The maximum atomic E-state index is 12.8. The van der Waals surface area contributed by atoms with Gasteiger partial charge in [-0.1, -0.05) is 6.07 Å². The summed E-state index contributed by atoms with van der Waals surface area (Å²) < 4.78 is 5.18. The molecule has 0 aliphatic carbocycles. The van der Waals surface area contributed by atoms with Gasteiger partial charge in [0.15, 0.2) is 11.5 Å². The Morgan fingerprint density at radius 1 is 1.33 bits per heavy atom. The second-order valence-corrected chi connectivity index (χ2v) is 6.59. The number of furan rings is 1. The predicted molar refractivity (Wildman–Crippen MR) is 98.8 cm³/mol. The van der Waals surface area contributed by atoms with Gasteiger partial charge in [0.1, 0.15) is 11.8 Å². The minimum Gasteiger partial charge on any atom is -0.503 e. The number of pyridine rings is 1. The molecule has 0 radical (unpaired) electrons. The van der Waals surface area contributed by atoms with Crippen molar-refractivity contribution in [3.05, 3.63) is 71.7 Å². The summed E-state index contributed by atoms with van der Waals surface area (Å²) in [7, 11) is 3.95. The van der Waals surface area contributed by atoms with Crippen molar-refractivity contribution in [3.8, 4) is 0 Å². The molecule has 0 bridgehead atoms. The van der Waals surface area contributed by atoms with Crippen LogP contribution in [-0.2, 0) is 9.59 Å². The van der Waals surface area contributed by atoms with E-state index >= 15 is 0 Å². The lowest BCUT2D eigenvalue weighted by molar-refractivity contribution is -0.857. The SMILES string of the molecule is C[NH+](C)CCN1C(=O)C(O)=C(C(=O)/C=C/c2ccco2)[C@@H]1c1ccccn1. The standard InChI is InChI=1S/C20H21N3O4/c1-22(2)11-12-23-18(15-7-3-4-10-21-15)17(19(25)20(23)26)16(24)9-8-14-6-5-13-27-14/h3-10,13,18,25H,11-12H2,1-2H3/p+1/b9-8+/t18-/m0/s1. The van der Waals surface area contributed by atoms with E-state index in [0.717, 1.165) is 4.90 Å². The number of amides is 1. The van der Waals surface area contributed by atoms with E-state index in [-0.39, 0.29) is 5.57 Å². The molecule has 3 rings (SSSR count). The van der Waals surface area contributed by atoms with E-state index in [0.29, 0.717) is 24.5 Å². The second kappa shape index (κ2) is 8.01. The molecular formula is C20H22N3O4+. The molecule has 0 saturated carbocycles. The quantitative estimate of drug-likeness (QED) is 0.706. The summed E-state index contributed by atoms with van der Waals surface area (Å²) in [6.45, 7) is 1.07. The van der Waals surface area contributed by atoms with Crippen molar-refractivity contribution in [2.75, 3.05) is 27.2 Å². The van der Waals surface area contributed by atoms with Crippen LogP contribution in [0.25, 0.3) is 6.08 Å². The minimum absolute atomic E-state index is 0.0373. The number of rotatable bonds is 7. The maximum absolute atomic E-state index is 12.8. The number of aliphatic hydroxyl groups excluding tert-OH is 1. The fourth-order valence-electron chi connectivity index (χ4n) is 2.96. The van der Waals surface area contributed by atoms with Crippen molar-refractivity contribution in [1.29, 1.82) is 0 Å². The van der Waals surface area contributed by atoms with E-state index in [1.54, 1.807) is 36.5 Å². The molecule has 0 saturated heterocycles. The van der Waals surface area contributed by atoms with E-state index in [4.69, 9.17) is 4.42 Å². The Hall–Kier alpha value is -3.19. The highest BCUT2D eigenvalue weighted by Gasteiger charge is 2.43. The van der Waals surface area contributed by atoms with Gasteiger partial charge in [0.2, 0.25) is 0 Å². The van der Waals surface area contributed by atoms with Gasteiger partial charge in [0.25, 0.3) is 5.91 Å². The molecule has 0 spiro atoms. The molecule has 0 fully saturated rings. The number of carbonyl (C=O) groups is 2. The Labute approximate surface area is 157 Å². The molecule has 3 heterocycles. The number of carbonyl (C=O) groups excluding carboxylic acids is 2. The van der Waals surface area contributed by atoms with Gasteiger partial charge in [-0.15, -0.1) is 0 Å². The summed E-state index contributed by atoms with van der Waals surface area (Å²) in [4.78, 5) is 32.4. The average molecular weight is 368 g/mol. The van der Waals surface area contributed by atoms with Crippen molar-refractivity contribution in [3.63, 3.8) is 0 Å². The summed E-state index contributed by atoms with van der Waals surface area (Å²) in [6, 6.07) is 8.00. The average Bonchev–Trinajstić information content (AvgIpc) is 3.26. The first-order valence-electron chi connectivity index (χ1n) is 8.69. The van der Waals surface area contributed by atoms with Crippen LogP contribution < -0.4 is 4.90 Å². The van der Waals surface area contributed by atoms with Crippen molar-refractivity contribution in [1.82, 2.24) is 9.88 Å². The molecule has 7 nitrogen and oxygen atoms in total. The molecule has 27 heavy (non-hydrogen) atoms. The lowest BCUT2D eigenvalue weighted by atomic mass is 9.99. The summed E-state index contributed by atoms with van der Waals surface area (Å²) in [6.07, 6.45) is 5.91. The molecule has 1 aliphatic heterocycles. The number of aliphatic hydroxyl groups is 1. The molecule has 1 amide bonds. The Morgan fingerprint density at radius 3 is 2.78 bits per heavy atom. The van der Waals surface area contributed by atoms with Crippen LogP contribution in [0.2, 0.25) is 0 Å². The Bertz CT molecular complexity index is 870. The van der Waals surface area contributed by atoms with E-state index in [9.17, 15) is 14.7 Å². The van der Waals surface area contributed by atoms with Gasteiger partial charge in [-0.3, -0.25) is 14.6 Å². The first kappa shape index (κ1) is 18.6. The second-order valence-electron chi connectivity index (χ2n) is 6.59. The lowest BCUT2D eigenvalue weighted by Crippen LogP contribution is -3.06. The molecule has 0 unspecified atom stereocenters. The first-order valence-corrected chi connectivity index (χ1v) is 8.69. The van der Waals surface area contributed by atoms with E-state index < -0.39 is 23.5 Å². The molecule has 2 aromatic heterocycles. The van der Waals surface area contributed by atoms with Crippen molar-refractivity contribution >= 4 is 17.8 Å². The van der Waals surface area contributed by atoms with E-state index in [2.05, 4.69) is 4.98 Å². The smallest absolute Gasteiger partial charge is 0.290 e. The third kappa shape index (κ3) is 3.98. The monoisotopic (exact) mass is 368 g/mol. The summed E-state index contributed by atoms with van der Waals surface area (Å²) in [5, 5.41) is 10.4. The number of hydrogen-bond donors (Lipinski definition) is 2. The van der Waals surface area contributed by atoms with Crippen LogP contribution in [0, 0.1) is 0 Å². The van der Waals surface area contributed by atoms with Gasteiger partial charge < -0.3 is 19.3 Å². The first-order chi connectivity index (χ1) is 13.0. The van der Waals surface area contributed by atoms with Crippen LogP contribution in [0.4, 0.5) is 0 Å². The highest BCUT2D eigenvalue weighted by molar-refractivity contribution is 6.14. The molecular weight excluding hydrogens is 346 g/mol. The van der Waals surface area contributed by atoms with Gasteiger partial charge in [-0.2, -0.15) is 0 Å². The van der Waals surface area contributed by atoms with Gasteiger partial charge in [0.05, 0.1) is 44.7 Å². The van der Waals surface area contributed by atoms with E-state index in [1.165, 1.54) is 23.3 Å². The third-order valence-corrected chi connectivity index (χ3v) is 4.33. The molecule has 140 valence electrons. The topological polar surface area (TPSA) is 88.1 Å². The summed E-state index contributed by atoms with van der Waals surface area (Å²) in [5.41, 5.74) is 0.577. The zero-order valence-corrected chi connectivity index (χ0v) is 15.3. The number of quaternary nitrogens is 1. The molecule has 2 N–H and O–H groups in total. The van der Waals surface area contributed by atoms with Gasteiger partial charge in [0, 0.05) is 6.20 Å². The summed E-state index contributed by atoms with van der Waals surface area (Å²) in [5.74, 6) is -1.02. The van der Waals surface area contributed by atoms with Crippen molar-refractivity contribution in [2.24, 2.45) is 0 Å². The fourth-order valence-corrected chi connectivity index (χ4v) is 2.96. The Morgan fingerprint density at radius 2 is 2.15 bits per heavy atom. The molecule has 2 aromatic rings. The van der Waals surface area contributed by atoms with Gasteiger partial charge in [-0.05, 0) is 36.4 Å². The van der Waals surface area contributed by atoms with Crippen LogP contribution in [0.3, 0.4) is 0 Å². The van der Waals surface area contributed by atoms with Gasteiger partial charge in [-0.25, -0.2) is 0 Å². The zero-order chi connectivity index (χ0) is 19.4. The number of nitrogens with zero attached hydrogens (tertiary/aromatic N) is 2. The minimum atomic E-state index is -0.716. The number of aromatic nitrogens is 1. The normalized spacial score (nSPS) is 17.5. The highest BCUT2D eigenvalue weighted by atomic mass is 16.3. The molecule has 1 aliphatic rings. The van der Waals surface area contributed by atoms with Gasteiger partial charge >= 0.3 is 0 Å². The summed E-state index contributed by atoms with van der Waals surface area (Å²) >= 11 is 0. The molecule has 7 heteroatoms. The van der Waals surface area contributed by atoms with Crippen LogP contribution in [-0.4, -0.2) is 53.9 Å². The van der Waals surface area contributed by atoms with Crippen molar-refractivity contribution in [2.45, 2.75) is 6.04 Å². The van der Waals surface area contributed by atoms with E-state index in [1.807, 2.05) is 14.1 Å². The van der Waals surface area contributed by atoms with Crippen LogP contribution in [0.5, 0.6) is 0 Å². The zero-order valence-electron chi connectivity index (χ0n) is 15.3. The number of allylic oxidation sites excluding steroid dienone is 1. The van der Waals surface area contributed by atoms with Crippen LogP contribution >= 0.6 is 0 Å². The maximum Gasteiger partial charge on any atom is 0.290 e. The largest absolute Gasteiger partial charge is 0.503 e. The molecule has 0 aromatic carbocycles. The highest BCUT2D eigenvalue weighted by Crippen LogP contribution is 2.36. The number of ketones is 1. The molecule has 1 atom stereocenters. The number of hydrogen-bond acceptors (Lipinski definition) is 5. The Kier molecular flexibility index (Phi) is 5.52. The predicted octanol–water partition coefficient (Wildman–Crippen LogP) is 0.797. The lowest BCUT2D eigenvalue weighted by Gasteiger charge is -2.26. The Balaban J connectivity index is 1.95. The third-order valence-electron chi connectivity index (χ3n) is 4.33. The van der Waals surface area contributed by atoms with Crippen molar-refractivity contribution < 1.29 is 24.0 Å². The van der Waals surface area contributed by atoms with Crippen LogP contribution in [0.1, 0.15) is 17.5 Å².